The first-order valence-corrected chi connectivity index (χ1v) is 11.2. The van der Waals surface area contributed by atoms with Crippen molar-refractivity contribution in [1.29, 1.82) is 0 Å². The van der Waals surface area contributed by atoms with Gasteiger partial charge in [-0.3, -0.25) is 13.9 Å². The molecular formula is C24H23ClFN5O2. The topological polar surface area (TPSA) is 74.3 Å². The van der Waals surface area contributed by atoms with E-state index in [0.717, 1.165) is 12.0 Å². The zero-order valence-electron chi connectivity index (χ0n) is 18.5. The highest BCUT2D eigenvalue weighted by molar-refractivity contribution is 6.30. The minimum Gasteiger partial charge on any atom is -0.373 e. The van der Waals surface area contributed by atoms with Gasteiger partial charge >= 0.3 is 0 Å². The van der Waals surface area contributed by atoms with E-state index in [4.69, 9.17) is 21.3 Å². The van der Waals surface area contributed by atoms with Crippen LogP contribution in [0.25, 0.3) is 16.9 Å². The van der Waals surface area contributed by atoms with E-state index in [9.17, 15) is 9.18 Å². The monoisotopic (exact) mass is 467 g/mol. The summed E-state index contributed by atoms with van der Waals surface area (Å²) in [6.07, 6.45) is 6.78. The number of hydrogen-bond donors (Lipinski definition) is 0. The molecule has 4 heterocycles. The Balaban J connectivity index is 1.67. The number of rotatable bonds is 3. The maximum absolute atomic E-state index is 14.9. The Morgan fingerprint density at radius 1 is 1.21 bits per heavy atom. The summed E-state index contributed by atoms with van der Waals surface area (Å²) in [6, 6.07) is 4.43. The number of halogens is 2. The molecule has 0 amide bonds. The molecule has 5 rings (SSSR count). The first-order chi connectivity index (χ1) is 15.8. The van der Waals surface area contributed by atoms with Crippen LogP contribution in [0, 0.1) is 19.7 Å². The van der Waals surface area contributed by atoms with E-state index in [-0.39, 0.29) is 28.2 Å². The normalized spacial score (nSPS) is 18.7. The fraction of sp³-hybridized carbons (Fsp3) is 0.333. The lowest BCUT2D eigenvalue weighted by atomic mass is 9.90. The summed E-state index contributed by atoms with van der Waals surface area (Å²) in [7, 11) is 1.87. The van der Waals surface area contributed by atoms with Gasteiger partial charge in [-0.05, 0) is 44.9 Å². The second-order valence-corrected chi connectivity index (χ2v) is 8.92. The Hall–Kier alpha value is -3.10. The molecule has 4 aromatic rings. The van der Waals surface area contributed by atoms with Crippen molar-refractivity contribution >= 4 is 17.2 Å². The molecule has 1 aromatic carbocycles. The zero-order chi connectivity index (χ0) is 23.3. The van der Waals surface area contributed by atoms with Gasteiger partial charge in [-0.1, -0.05) is 11.6 Å². The van der Waals surface area contributed by atoms with E-state index in [0.29, 0.717) is 41.3 Å². The third kappa shape index (κ3) is 3.94. The number of ether oxygens (including phenoxy) is 1. The summed E-state index contributed by atoms with van der Waals surface area (Å²) < 4.78 is 24.2. The maximum atomic E-state index is 14.9. The van der Waals surface area contributed by atoms with Crippen LogP contribution in [0.3, 0.4) is 0 Å². The van der Waals surface area contributed by atoms with Crippen molar-refractivity contribution in [3.63, 3.8) is 0 Å². The third-order valence-electron chi connectivity index (χ3n) is 6.28. The highest BCUT2D eigenvalue weighted by Crippen LogP contribution is 2.38. The van der Waals surface area contributed by atoms with Crippen LogP contribution in [0.15, 0.2) is 41.6 Å². The van der Waals surface area contributed by atoms with Gasteiger partial charge in [0.1, 0.15) is 11.5 Å². The maximum Gasteiger partial charge on any atom is 0.261 e. The van der Waals surface area contributed by atoms with Crippen molar-refractivity contribution in [2.45, 2.75) is 38.7 Å². The van der Waals surface area contributed by atoms with Gasteiger partial charge in [0.05, 0.1) is 18.0 Å². The second kappa shape index (κ2) is 8.35. The van der Waals surface area contributed by atoms with E-state index in [1.165, 1.54) is 10.5 Å². The summed E-state index contributed by atoms with van der Waals surface area (Å²) >= 11 is 5.97. The standard InChI is InChI=1S/C24H23ClFN5O2/c1-13-14(2)28-23-22(18-5-4-17(25)9-19(18)26)29-20(12-31(23)24(13)32)15-6-7-33-21(8-15)16-10-27-30(3)11-16/h4-5,9-12,15,21H,6-8H2,1-3H3/t15-,21-/m1/s1. The molecule has 33 heavy (non-hydrogen) atoms. The van der Waals surface area contributed by atoms with Gasteiger partial charge in [0.2, 0.25) is 0 Å². The van der Waals surface area contributed by atoms with E-state index in [1.807, 2.05) is 13.2 Å². The quantitative estimate of drug-likeness (QED) is 0.442. The largest absolute Gasteiger partial charge is 0.373 e. The van der Waals surface area contributed by atoms with Crippen LogP contribution in [0.2, 0.25) is 5.02 Å². The highest BCUT2D eigenvalue weighted by atomic mass is 35.5. The number of aryl methyl sites for hydroxylation is 2. The van der Waals surface area contributed by atoms with Crippen molar-refractivity contribution in [1.82, 2.24) is 24.1 Å². The Bertz CT molecular complexity index is 1430. The van der Waals surface area contributed by atoms with Crippen molar-refractivity contribution in [3.05, 3.63) is 80.5 Å². The molecule has 9 heteroatoms. The molecule has 170 valence electrons. The number of nitrogens with zero attached hydrogens (tertiary/aromatic N) is 5. The fourth-order valence-corrected chi connectivity index (χ4v) is 4.48. The molecule has 2 atom stereocenters. The molecule has 1 aliphatic rings. The van der Waals surface area contributed by atoms with Gasteiger partial charge in [-0.25, -0.2) is 14.4 Å². The van der Waals surface area contributed by atoms with Crippen LogP contribution in [0.4, 0.5) is 4.39 Å². The van der Waals surface area contributed by atoms with Crippen molar-refractivity contribution in [2.24, 2.45) is 7.05 Å². The van der Waals surface area contributed by atoms with Crippen molar-refractivity contribution < 1.29 is 9.13 Å². The number of hydrogen-bond acceptors (Lipinski definition) is 5. The van der Waals surface area contributed by atoms with Gasteiger partial charge in [0.25, 0.3) is 5.56 Å². The van der Waals surface area contributed by atoms with Gasteiger partial charge in [0.15, 0.2) is 5.65 Å². The molecule has 1 aliphatic heterocycles. The van der Waals surface area contributed by atoms with Gasteiger partial charge in [-0.2, -0.15) is 5.10 Å². The van der Waals surface area contributed by atoms with Crippen LogP contribution in [-0.2, 0) is 11.8 Å². The van der Waals surface area contributed by atoms with Crippen LogP contribution in [0.5, 0.6) is 0 Å². The second-order valence-electron chi connectivity index (χ2n) is 8.49. The Morgan fingerprint density at radius 2 is 2.03 bits per heavy atom. The predicted octanol–water partition coefficient (Wildman–Crippen LogP) is 4.53. The summed E-state index contributed by atoms with van der Waals surface area (Å²) in [6.45, 7) is 4.06. The Kier molecular flexibility index (Phi) is 5.50. The van der Waals surface area contributed by atoms with E-state index in [1.54, 1.807) is 43.1 Å². The number of aromatic nitrogens is 5. The lowest BCUT2D eigenvalue weighted by Crippen LogP contribution is -2.24. The number of benzene rings is 1. The van der Waals surface area contributed by atoms with Gasteiger partial charge in [0, 0.05) is 59.4 Å². The van der Waals surface area contributed by atoms with Crippen molar-refractivity contribution in [3.8, 4) is 11.3 Å². The highest BCUT2D eigenvalue weighted by Gasteiger charge is 2.28. The SMILES string of the molecule is Cc1nc2c(-c3ccc(Cl)cc3F)nc([C@@H]3CCO[C@@H](c4cnn(C)c4)C3)cn2c(=O)c1C. The average Bonchev–Trinajstić information content (AvgIpc) is 3.24. The third-order valence-corrected chi connectivity index (χ3v) is 6.52. The van der Waals surface area contributed by atoms with E-state index < -0.39 is 5.82 Å². The summed E-state index contributed by atoms with van der Waals surface area (Å²) in [5.74, 6) is -0.488. The molecule has 1 fully saturated rings. The molecule has 0 saturated carbocycles. The van der Waals surface area contributed by atoms with E-state index in [2.05, 4.69) is 10.1 Å². The first-order valence-electron chi connectivity index (χ1n) is 10.8. The fourth-order valence-electron chi connectivity index (χ4n) is 4.32. The molecule has 0 bridgehead atoms. The van der Waals surface area contributed by atoms with Crippen LogP contribution in [0.1, 0.15) is 47.4 Å². The van der Waals surface area contributed by atoms with Crippen LogP contribution < -0.4 is 5.56 Å². The molecule has 0 unspecified atom stereocenters. The van der Waals surface area contributed by atoms with E-state index >= 15 is 0 Å². The zero-order valence-corrected chi connectivity index (χ0v) is 19.3. The first kappa shape index (κ1) is 21.7. The summed E-state index contributed by atoms with van der Waals surface area (Å²) in [5.41, 5.74) is 3.56. The molecular weight excluding hydrogens is 445 g/mol. The molecule has 0 radical (unpaired) electrons. The predicted molar refractivity (Wildman–Crippen MR) is 123 cm³/mol. The summed E-state index contributed by atoms with van der Waals surface area (Å²) in [5, 5.41) is 4.53. The summed E-state index contributed by atoms with van der Waals surface area (Å²) in [4.78, 5) is 22.6. The molecule has 7 nitrogen and oxygen atoms in total. The Morgan fingerprint density at radius 3 is 2.76 bits per heavy atom. The van der Waals surface area contributed by atoms with Crippen LogP contribution in [-0.4, -0.2) is 30.8 Å². The van der Waals surface area contributed by atoms with Gasteiger partial charge < -0.3 is 4.74 Å². The van der Waals surface area contributed by atoms with Crippen LogP contribution >= 0.6 is 11.6 Å². The molecule has 0 N–H and O–H groups in total. The van der Waals surface area contributed by atoms with Crippen molar-refractivity contribution in [2.75, 3.05) is 6.61 Å². The molecule has 3 aromatic heterocycles. The van der Waals surface area contributed by atoms with Gasteiger partial charge in [-0.15, -0.1) is 0 Å². The lowest BCUT2D eigenvalue weighted by molar-refractivity contribution is 0.00455. The molecule has 0 spiro atoms. The minimum absolute atomic E-state index is 0.0241. The lowest BCUT2D eigenvalue weighted by Gasteiger charge is -2.29. The molecule has 1 saturated heterocycles. The molecule has 0 aliphatic carbocycles. The Labute approximate surface area is 194 Å². The number of fused-ring (bicyclic) bond motifs is 1. The smallest absolute Gasteiger partial charge is 0.261 e. The average molecular weight is 468 g/mol. The minimum atomic E-state index is -0.512.